The summed E-state index contributed by atoms with van der Waals surface area (Å²) in [6, 6.07) is 4.63. The molecule has 2 atom stereocenters. The molecule has 2 saturated heterocycles. The Balaban J connectivity index is 1.55. The van der Waals surface area contributed by atoms with Crippen LogP contribution in [0.5, 0.6) is 0 Å². The van der Waals surface area contributed by atoms with Gasteiger partial charge in [0.25, 0.3) is 0 Å². The van der Waals surface area contributed by atoms with Crippen molar-refractivity contribution < 1.29 is 4.79 Å². The van der Waals surface area contributed by atoms with Gasteiger partial charge in [0.1, 0.15) is 0 Å². The number of anilines is 1. The normalized spacial score (nSPS) is 25.9. The van der Waals surface area contributed by atoms with Crippen molar-refractivity contribution in [1.29, 1.82) is 0 Å². The second-order valence-electron chi connectivity index (χ2n) is 7.63. The van der Waals surface area contributed by atoms with Crippen LogP contribution in [0.3, 0.4) is 0 Å². The number of rotatable bonds is 3. The van der Waals surface area contributed by atoms with Crippen LogP contribution in [0.4, 0.5) is 5.69 Å². The average Bonchev–Trinajstić information content (AvgIpc) is 2.84. The van der Waals surface area contributed by atoms with E-state index in [0.29, 0.717) is 11.9 Å². The lowest BCUT2D eigenvalue weighted by molar-refractivity contribution is -0.136. The molecule has 138 valence electrons. The number of carbonyl (C=O) groups is 1. The molecule has 0 aliphatic carbocycles. The van der Waals surface area contributed by atoms with Crippen LogP contribution in [0, 0.1) is 5.92 Å². The van der Waals surface area contributed by atoms with Crippen molar-refractivity contribution in [2.75, 3.05) is 65.3 Å². The van der Waals surface area contributed by atoms with Crippen molar-refractivity contribution in [3.05, 3.63) is 24.5 Å². The van der Waals surface area contributed by atoms with Gasteiger partial charge in [0.05, 0.1) is 5.92 Å². The molecule has 0 aromatic carbocycles. The molecule has 0 saturated carbocycles. The topological polar surface area (TPSA) is 42.9 Å². The fourth-order valence-corrected chi connectivity index (χ4v) is 4.01. The Morgan fingerprint density at radius 2 is 1.76 bits per heavy atom. The van der Waals surface area contributed by atoms with Gasteiger partial charge in [0, 0.05) is 63.4 Å². The summed E-state index contributed by atoms with van der Waals surface area (Å²) < 4.78 is 0. The van der Waals surface area contributed by atoms with Crippen LogP contribution in [0.25, 0.3) is 0 Å². The third-order valence-electron chi connectivity index (χ3n) is 5.60. The van der Waals surface area contributed by atoms with Gasteiger partial charge in [-0.3, -0.25) is 9.78 Å². The molecule has 3 heterocycles. The zero-order valence-electron chi connectivity index (χ0n) is 15.8. The quantitative estimate of drug-likeness (QED) is 0.818. The number of piperazine rings is 1. The van der Waals surface area contributed by atoms with Gasteiger partial charge in [-0.25, -0.2) is 0 Å². The summed E-state index contributed by atoms with van der Waals surface area (Å²) in [6.45, 7) is 5.37. The van der Waals surface area contributed by atoms with Crippen molar-refractivity contribution in [3.8, 4) is 0 Å². The first kappa shape index (κ1) is 18.1. The van der Waals surface area contributed by atoms with Crippen LogP contribution >= 0.6 is 0 Å². The van der Waals surface area contributed by atoms with Gasteiger partial charge in [-0.15, -0.1) is 0 Å². The average molecular weight is 345 g/mol. The van der Waals surface area contributed by atoms with Crippen molar-refractivity contribution >= 4 is 11.6 Å². The Labute approximate surface area is 151 Å². The maximum atomic E-state index is 13.0. The van der Waals surface area contributed by atoms with E-state index in [1.165, 1.54) is 5.69 Å². The Hall–Kier alpha value is -1.66. The first-order valence-electron chi connectivity index (χ1n) is 9.33. The molecule has 2 fully saturated rings. The monoisotopic (exact) mass is 345 g/mol. The molecular formula is C19H31N5O. The van der Waals surface area contributed by atoms with Gasteiger partial charge in [-0.05, 0) is 46.1 Å². The maximum absolute atomic E-state index is 13.0. The number of hydrogen-bond acceptors (Lipinski definition) is 5. The van der Waals surface area contributed by atoms with Gasteiger partial charge < -0.3 is 19.6 Å². The van der Waals surface area contributed by atoms with Gasteiger partial charge in [-0.1, -0.05) is 0 Å². The van der Waals surface area contributed by atoms with Crippen LogP contribution in [-0.2, 0) is 4.79 Å². The van der Waals surface area contributed by atoms with Crippen LogP contribution < -0.4 is 4.90 Å². The minimum Gasteiger partial charge on any atom is -0.368 e. The number of pyridine rings is 1. The molecule has 0 unspecified atom stereocenters. The molecule has 1 aromatic rings. The minimum absolute atomic E-state index is 0.141. The number of likely N-dealkylation sites (N-methyl/N-ethyl adjacent to an activating group) is 2. The lowest BCUT2D eigenvalue weighted by Gasteiger charge is -2.37. The highest BCUT2D eigenvalue weighted by Crippen LogP contribution is 2.22. The summed E-state index contributed by atoms with van der Waals surface area (Å²) in [5, 5.41) is 0. The van der Waals surface area contributed by atoms with E-state index < -0.39 is 0 Å². The molecule has 6 heteroatoms. The van der Waals surface area contributed by atoms with Crippen LogP contribution in [0.2, 0.25) is 0 Å². The number of nitrogens with zero attached hydrogens (tertiary/aromatic N) is 5. The number of carbonyl (C=O) groups excluding carboxylic acids is 1. The number of aromatic nitrogens is 1. The van der Waals surface area contributed by atoms with E-state index in [1.807, 2.05) is 24.5 Å². The number of amides is 1. The summed E-state index contributed by atoms with van der Waals surface area (Å²) in [7, 11) is 6.42. The first-order valence-corrected chi connectivity index (χ1v) is 9.33. The molecule has 0 radical (unpaired) electrons. The summed E-state index contributed by atoms with van der Waals surface area (Å²) in [5.41, 5.74) is 1.20. The Morgan fingerprint density at radius 1 is 1.08 bits per heavy atom. The van der Waals surface area contributed by atoms with E-state index in [1.54, 1.807) is 0 Å². The van der Waals surface area contributed by atoms with Crippen LogP contribution in [-0.4, -0.2) is 92.0 Å². The SMILES string of the molecule is CN1C[C@H](C(=O)N2CCN(c3ccncc3)CC2)CC[C@H](N(C)C)C1. The van der Waals surface area contributed by atoms with E-state index in [2.05, 4.69) is 45.7 Å². The molecule has 0 N–H and O–H groups in total. The number of likely N-dealkylation sites (tertiary alicyclic amines) is 1. The van der Waals surface area contributed by atoms with Gasteiger partial charge in [0.2, 0.25) is 5.91 Å². The first-order chi connectivity index (χ1) is 12.0. The highest BCUT2D eigenvalue weighted by molar-refractivity contribution is 5.79. The largest absolute Gasteiger partial charge is 0.368 e. The summed E-state index contributed by atoms with van der Waals surface area (Å²) >= 11 is 0. The lowest BCUT2D eigenvalue weighted by Crippen LogP contribution is -2.51. The van der Waals surface area contributed by atoms with Crippen molar-refractivity contribution in [2.45, 2.75) is 18.9 Å². The predicted molar refractivity (Wildman–Crippen MR) is 101 cm³/mol. The summed E-state index contributed by atoms with van der Waals surface area (Å²) in [5.74, 6) is 0.489. The smallest absolute Gasteiger partial charge is 0.227 e. The molecule has 2 aliphatic rings. The van der Waals surface area contributed by atoms with Crippen molar-refractivity contribution in [3.63, 3.8) is 0 Å². The van der Waals surface area contributed by atoms with E-state index in [9.17, 15) is 4.79 Å². The zero-order chi connectivity index (χ0) is 17.8. The molecule has 25 heavy (non-hydrogen) atoms. The Morgan fingerprint density at radius 3 is 2.40 bits per heavy atom. The van der Waals surface area contributed by atoms with Crippen molar-refractivity contribution in [2.24, 2.45) is 5.92 Å². The molecular weight excluding hydrogens is 314 g/mol. The zero-order valence-corrected chi connectivity index (χ0v) is 15.8. The highest BCUT2D eigenvalue weighted by atomic mass is 16.2. The van der Waals surface area contributed by atoms with Gasteiger partial charge >= 0.3 is 0 Å². The fraction of sp³-hybridized carbons (Fsp3) is 0.684. The third kappa shape index (κ3) is 4.50. The molecule has 6 nitrogen and oxygen atoms in total. The molecule has 3 rings (SSSR count). The minimum atomic E-state index is 0.141. The van der Waals surface area contributed by atoms with Crippen LogP contribution in [0.15, 0.2) is 24.5 Å². The van der Waals surface area contributed by atoms with Crippen LogP contribution in [0.1, 0.15) is 12.8 Å². The van der Waals surface area contributed by atoms with Gasteiger partial charge in [-0.2, -0.15) is 0 Å². The Bertz CT molecular complexity index is 556. The van der Waals surface area contributed by atoms with E-state index >= 15 is 0 Å². The predicted octanol–water partition coefficient (Wildman–Crippen LogP) is 1.00. The Kier molecular flexibility index (Phi) is 5.91. The fourth-order valence-electron chi connectivity index (χ4n) is 4.01. The van der Waals surface area contributed by atoms with E-state index in [4.69, 9.17) is 0 Å². The third-order valence-corrected chi connectivity index (χ3v) is 5.60. The number of hydrogen-bond donors (Lipinski definition) is 0. The molecule has 1 amide bonds. The standard InChI is InChI=1S/C19H31N5O/c1-21(2)18-5-4-16(14-22(3)15-18)19(25)24-12-10-23(11-13-24)17-6-8-20-9-7-17/h6-9,16,18H,4-5,10-15H2,1-3H3/t16-,18+/m1/s1. The molecule has 2 aliphatic heterocycles. The maximum Gasteiger partial charge on any atom is 0.227 e. The summed E-state index contributed by atoms with van der Waals surface area (Å²) in [4.78, 5) is 26.1. The van der Waals surface area contributed by atoms with E-state index in [-0.39, 0.29) is 5.92 Å². The second kappa shape index (κ2) is 8.15. The summed E-state index contributed by atoms with van der Waals surface area (Å²) in [6.07, 6.45) is 5.76. The second-order valence-corrected chi connectivity index (χ2v) is 7.63. The van der Waals surface area contributed by atoms with Gasteiger partial charge in [0.15, 0.2) is 0 Å². The molecule has 0 bridgehead atoms. The van der Waals surface area contributed by atoms with E-state index in [0.717, 1.165) is 52.1 Å². The molecule has 1 aromatic heterocycles. The lowest BCUT2D eigenvalue weighted by atomic mass is 9.99. The van der Waals surface area contributed by atoms with Crippen molar-refractivity contribution in [1.82, 2.24) is 19.7 Å². The highest BCUT2D eigenvalue weighted by Gasteiger charge is 2.31. The molecule has 0 spiro atoms.